The molecule has 0 aromatic carbocycles. The standard InChI is InChI=1S/C25H46N6O6S2/c1-5-28-13-26(3)9-16-7-20(38(32,33)34)24-18(22(16)28)11-30-15-31(24)12-19-23-17(10-27(4)14-29(23)6-2)8-21(25(19)30)39(35,36)37/h16-25H,5-15H2,1-4H3,(H,32,33,34)(H,35,36,37). The van der Waals surface area contributed by atoms with Gasteiger partial charge in [-0.1, -0.05) is 13.8 Å². The van der Waals surface area contributed by atoms with Crippen LogP contribution in [-0.2, 0) is 20.2 Å². The smallest absolute Gasteiger partial charge is 0.269 e. The Morgan fingerprint density at radius 3 is 1.33 bits per heavy atom. The summed E-state index contributed by atoms with van der Waals surface area (Å²) in [4.78, 5) is 13.8. The number of hydrogen-bond acceptors (Lipinski definition) is 10. The summed E-state index contributed by atoms with van der Waals surface area (Å²) < 4.78 is 72.6. The highest BCUT2D eigenvalue weighted by molar-refractivity contribution is 7.86. The van der Waals surface area contributed by atoms with Crippen molar-refractivity contribution in [2.24, 2.45) is 23.7 Å². The van der Waals surface area contributed by atoms with Gasteiger partial charge in [0, 0.05) is 62.2 Å². The molecule has 224 valence electrons. The summed E-state index contributed by atoms with van der Waals surface area (Å²) in [5, 5.41) is -1.71. The van der Waals surface area contributed by atoms with E-state index >= 15 is 0 Å². The molecule has 0 radical (unpaired) electrons. The molecule has 12 atom stereocenters. The van der Waals surface area contributed by atoms with E-state index in [1.54, 1.807) is 0 Å². The van der Waals surface area contributed by atoms with E-state index in [9.17, 15) is 25.9 Å². The third-order valence-corrected chi connectivity index (χ3v) is 13.5. The third kappa shape index (κ3) is 4.80. The van der Waals surface area contributed by atoms with Crippen LogP contribution in [0.4, 0.5) is 0 Å². The zero-order valence-electron chi connectivity index (χ0n) is 23.6. The van der Waals surface area contributed by atoms with Crippen LogP contribution in [-0.4, -0.2) is 163 Å². The van der Waals surface area contributed by atoms with Crippen LogP contribution in [0.1, 0.15) is 26.7 Å². The molecule has 0 aromatic heterocycles. The van der Waals surface area contributed by atoms with E-state index < -0.39 is 30.7 Å². The molecule has 4 saturated heterocycles. The van der Waals surface area contributed by atoms with E-state index in [0.717, 1.165) is 39.5 Å². The minimum absolute atomic E-state index is 0.0430. The first kappa shape index (κ1) is 28.7. The highest BCUT2D eigenvalue weighted by Crippen LogP contribution is 2.50. The van der Waals surface area contributed by atoms with Gasteiger partial charge in [-0.3, -0.25) is 38.5 Å². The molecule has 6 aliphatic rings. The molecule has 6 rings (SSSR count). The summed E-state index contributed by atoms with van der Waals surface area (Å²) in [6, 6.07) is -0.317. The Hall–Kier alpha value is -0.420. The largest absolute Gasteiger partial charge is 0.293 e. The van der Waals surface area contributed by atoms with Crippen molar-refractivity contribution in [2.75, 3.05) is 73.4 Å². The van der Waals surface area contributed by atoms with Gasteiger partial charge >= 0.3 is 0 Å². The van der Waals surface area contributed by atoms with Crippen LogP contribution in [0.2, 0.25) is 0 Å². The van der Waals surface area contributed by atoms with Crippen LogP contribution in [0.5, 0.6) is 0 Å². The average Bonchev–Trinajstić information content (AvgIpc) is 2.84. The summed E-state index contributed by atoms with van der Waals surface area (Å²) in [6.45, 7) is 10.7. The highest BCUT2D eigenvalue weighted by Gasteiger charge is 2.63. The Morgan fingerprint density at radius 2 is 1.00 bits per heavy atom. The lowest BCUT2D eigenvalue weighted by atomic mass is 9.65. The topological polar surface area (TPSA) is 128 Å². The SMILES string of the molecule is CCN1CN(C)CC2CC(S(=O)(=O)O)C3C(CN4CN3CC3C5C(CC(S(=O)(=O)O)C34)CN(C)CN5CC)C21. The van der Waals surface area contributed by atoms with E-state index in [1.807, 2.05) is 0 Å². The first-order chi connectivity index (χ1) is 18.3. The molecule has 12 unspecified atom stereocenters. The number of hydrogen-bond donors (Lipinski definition) is 2. The second-order valence-corrected chi connectivity index (χ2v) is 16.5. The van der Waals surface area contributed by atoms with Gasteiger partial charge in [-0.05, 0) is 51.9 Å². The molecule has 14 heteroatoms. The molecular formula is C25H46N6O6S2. The molecule has 2 aliphatic carbocycles. The highest BCUT2D eigenvalue weighted by atomic mass is 32.2. The second-order valence-electron chi connectivity index (χ2n) is 13.2. The van der Waals surface area contributed by atoms with Crippen LogP contribution < -0.4 is 0 Å². The normalized spacial score (nSPS) is 48.1. The van der Waals surface area contributed by atoms with Gasteiger partial charge in [0.05, 0.1) is 20.0 Å². The molecule has 4 heterocycles. The van der Waals surface area contributed by atoms with Crippen molar-refractivity contribution in [3.8, 4) is 0 Å². The Bertz CT molecular complexity index is 1070. The van der Waals surface area contributed by atoms with Crippen molar-refractivity contribution in [3.63, 3.8) is 0 Å². The van der Waals surface area contributed by atoms with Crippen LogP contribution in [0.3, 0.4) is 0 Å². The summed E-state index contributed by atoms with van der Waals surface area (Å²) in [6.07, 6.45) is 0.864. The van der Waals surface area contributed by atoms with Crippen molar-refractivity contribution in [2.45, 2.75) is 61.4 Å². The van der Waals surface area contributed by atoms with Crippen molar-refractivity contribution in [1.29, 1.82) is 0 Å². The van der Waals surface area contributed by atoms with Crippen LogP contribution in [0.25, 0.3) is 0 Å². The first-order valence-electron chi connectivity index (χ1n) is 14.6. The molecule has 0 amide bonds. The van der Waals surface area contributed by atoms with E-state index in [2.05, 4.69) is 57.3 Å². The predicted molar refractivity (Wildman–Crippen MR) is 147 cm³/mol. The van der Waals surface area contributed by atoms with Crippen molar-refractivity contribution in [3.05, 3.63) is 0 Å². The summed E-state index contributed by atoms with van der Waals surface area (Å²) in [5.41, 5.74) is 0. The van der Waals surface area contributed by atoms with Gasteiger partial charge in [0.2, 0.25) is 0 Å². The lowest BCUT2D eigenvalue weighted by Gasteiger charge is -2.66. The number of rotatable bonds is 4. The Morgan fingerprint density at radius 1 is 0.615 bits per heavy atom. The lowest BCUT2D eigenvalue weighted by molar-refractivity contribution is -0.173. The fraction of sp³-hybridized carbons (Fsp3) is 1.00. The Labute approximate surface area is 233 Å². The number of fused-ring (bicyclic) bond motifs is 10. The van der Waals surface area contributed by atoms with Crippen LogP contribution in [0, 0.1) is 23.7 Å². The van der Waals surface area contributed by atoms with Gasteiger partial charge in [0.1, 0.15) is 10.5 Å². The molecule has 2 saturated carbocycles. The van der Waals surface area contributed by atoms with Crippen LogP contribution >= 0.6 is 0 Å². The summed E-state index contributed by atoms with van der Waals surface area (Å²) in [7, 11) is -4.46. The zero-order chi connectivity index (χ0) is 28.0. The molecule has 0 spiro atoms. The third-order valence-electron chi connectivity index (χ3n) is 11.0. The van der Waals surface area contributed by atoms with E-state index in [-0.39, 0.29) is 47.8 Å². The van der Waals surface area contributed by atoms with Gasteiger partial charge in [-0.2, -0.15) is 16.8 Å². The van der Waals surface area contributed by atoms with Gasteiger partial charge in [0.15, 0.2) is 0 Å². The van der Waals surface area contributed by atoms with Crippen molar-refractivity contribution < 1.29 is 25.9 Å². The Balaban J connectivity index is 1.42. The predicted octanol–water partition coefficient (Wildman–Crippen LogP) is -0.716. The maximum atomic E-state index is 12.9. The second kappa shape index (κ2) is 10.1. The van der Waals surface area contributed by atoms with Crippen LogP contribution in [0.15, 0.2) is 0 Å². The molecule has 39 heavy (non-hydrogen) atoms. The van der Waals surface area contributed by atoms with E-state index in [0.29, 0.717) is 32.6 Å². The van der Waals surface area contributed by atoms with Crippen molar-refractivity contribution in [1.82, 2.24) is 29.4 Å². The van der Waals surface area contributed by atoms with Gasteiger partial charge in [0.25, 0.3) is 20.2 Å². The quantitative estimate of drug-likeness (QED) is 0.401. The average molecular weight is 591 g/mol. The monoisotopic (exact) mass is 590 g/mol. The van der Waals surface area contributed by atoms with Gasteiger partial charge in [-0.15, -0.1) is 0 Å². The van der Waals surface area contributed by atoms with Gasteiger partial charge < -0.3 is 0 Å². The molecule has 2 bridgehead atoms. The molecule has 2 N–H and O–H groups in total. The molecule has 4 aliphatic heterocycles. The maximum Gasteiger partial charge on any atom is 0.269 e. The minimum Gasteiger partial charge on any atom is -0.293 e. The lowest BCUT2D eigenvalue weighted by Crippen LogP contribution is -2.79. The molecular weight excluding hydrogens is 544 g/mol. The first-order valence-corrected chi connectivity index (χ1v) is 17.6. The van der Waals surface area contributed by atoms with Gasteiger partial charge in [-0.25, -0.2) is 0 Å². The fourth-order valence-electron chi connectivity index (χ4n) is 10.0. The van der Waals surface area contributed by atoms with E-state index in [1.165, 1.54) is 0 Å². The van der Waals surface area contributed by atoms with E-state index in [4.69, 9.17) is 0 Å². The van der Waals surface area contributed by atoms with Crippen molar-refractivity contribution >= 4 is 20.2 Å². The summed E-state index contributed by atoms with van der Waals surface area (Å²) >= 11 is 0. The zero-order valence-corrected chi connectivity index (χ0v) is 25.2. The molecule has 12 nitrogen and oxygen atoms in total. The maximum absolute atomic E-state index is 12.9. The minimum atomic E-state index is -4.28. The fourth-order valence-corrected chi connectivity index (χ4v) is 12.5. The number of nitrogens with zero attached hydrogens (tertiary/aromatic N) is 6. The summed E-state index contributed by atoms with van der Waals surface area (Å²) in [5.74, 6) is 0.120. The molecule has 6 fully saturated rings. The Kier molecular flexibility index (Phi) is 7.43. The molecule has 0 aromatic rings.